The Morgan fingerprint density at radius 1 is 1.03 bits per heavy atom. The first-order valence-electron chi connectivity index (χ1n) is 10.9. The van der Waals surface area contributed by atoms with E-state index < -0.39 is 0 Å². The smallest absolute Gasteiger partial charge is 0.267 e. The number of aryl methyl sites for hydroxylation is 2. The van der Waals surface area contributed by atoms with Gasteiger partial charge < -0.3 is 4.90 Å². The summed E-state index contributed by atoms with van der Waals surface area (Å²) in [6.07, 6.45) is 2.70. The molecular weight excluding hydrogens is 432 g/mol. The Labute approximate surface area is 197 Å². The number of fused-ring (bicyclic) bond motifs is 1. The second-order valence-electron chi connectivity index (χ2n) is 7.95. The van der Waals surface area contributed by atoms with E-state index in [-0.39, 0.29) is 17.2 Å². The Bertz CT molecular complexity index is 1330. The van der Waals surface area contributed by atoms with Crippen LogP contribution in [0.1, 0.15) is 23.6 Å². The zero-order chi connectivity index (χ0) is 23.4. The molecule has 2 aromatic heterocycles. The van der Waals surface area contributed by atoms with Crippen LogP contribution in [0.3, 0.4) is 0 Å². The largest absolute Gasteiger partial charge is 0.341 e. The molecule has 2 aromatic carbocycles. The van der Waals surface area contributed by atoms with Crippen LogP contribution in [0.2, 0.25) is 0 Å². The van der Waals surface area contributed by atoms with E-state index in [4.69, 9.17) is 0 Å². The molecule has 0 bridgehead atoms. The van der Waals surface area contributed by atoms with Crippen molar-refractivity contribution < 1.29 is 4.79 Å². The predicted octanol–water partition coefficient (Wildman–Crippen LogP) is 4.40. The van der Waals surface area contributed by atoms with E-state index in [1.165, 1.54) is 21.9 Å². The van der Waals surface area contributed by atoms with Crippen molar-refractivity contribution in [2.24, 2.45) is 0 Å². The van der Waals surface area contributed by atoms with Crippen molar-refractivity contribution >= 4 is 28.6 Å². The summed E-state index contributed by atoms with van der Waals surface area (Å²) >= 11 is 1.25. The fourth-order valence-electron chi connectivity index (χ4n) is 3.48. The fourth-order valence-corrected chi connectivity index (χ4v) is 4.42. The van der Waals surface area contributed by atoms with Gasteiger partial charge in [0.2, 0.25) is 5.91 Å². The number of carbonyl (C=O) groups is 1. The minimum atomic E-state index is -0.198. The topological polar surface area (TPSA) is 68.1 Å². The number of amides is 1. The van der Waals surface area contributed by atoms with Crippen LogP contribution in [-0.2, 0) is 17.8 Å². The molecule has 0 saturated heterocycles. The molecule has 0 aliphatic heterocycles. The lowest BCUT2D eigenvalue weighted by Crippen LogP contribution is -2.28. The van der Waals surface area contributed by atoms with Crippen molar-refractivity contribution in [3.05, 3.63) is 93.9 Å². The number of para-hydroxylation sites is 1. The van der Waals surface area contributed by atoms with Gasteiger partial charge in [0.15, 0.2) is 5.16 Å². The van der Waals surface area contributed by atoms with Gasteiger partial charge in [-0.15, -0.1) is 0 Å². The monoisotopic (exact) mass is 458 g/mol. The first-order chi connectivity index (χ1) is 16.0. The fraction of sp³-hybridized carbons (Fsp3) is 0.231. The Kier molecular flexibility index (Phi) is 6.89. The lowest BCUT2D eigenvalue weighted by Gasteiger charge is -2.18. The molecular formula is C26H26N4O2S. The third-order valence-electron chi connectivity index (χ3n) is 5.47. The molecule has 0 N–H and O–H groups in total. The van der Waals surface area contributed by atoms with Crippen LogP contribution in [0.15, 0.2) is 76.8 Å². The predicted molar refractivity (Wildman–Crippen MR) is 133 cm³/mol. The van der Waals surface area contributed by atoms with E-state index in [0.717, 1.165) is 17.5 Å². The molecule has 0 fully saturated rings. The van der Waals surface area contributed by atoms with Crippen LogP contribution >= 0.6 is 11.8 Å². The Hall–Kier alpha value is -3.45. The summed E-state index contributed by atoms with van der Waals surface area (Å²) in [5.74, 6) is 0.619. The molecule has 7 heteroatoms. The van der Waals surface area contributed by atoms with Gasteiger partial charge in [0.05, 0.1) is 16.7 Å². The minimum Gasteiger partial charge on any atom is -0.341 e. The number of rotatable bonds is 7. The molecule has 0 spiro atoms. The molecule has 0 radical (unpaired) electrons. The van der Waals surface area contributed by atoms with Crippen LogP contribution in [-0.4, -0.2) is 38.1 Å². The van der Waals surface area contributed by atoms with Gasteiger partial charge in [-0.3, -0.25) is 9.59 Å². The number of carbonyl (C=O) groups excluding carboxylic acids is 1. The van der Waals surface area contributed by atoms with Gasteiger partial charge in [-0.05, 0) is 48.2 Å². The number of hydrogen-bond acceptors (Lipinski definition) is 5. The number of aromatic nitrogens is 3. The average molecular weight is 459 g/mol. The highest BCUT2D eigenvalue weighted by atomic mass is 32.2. The second kappa shape index (κ2) is 10.0. The van der Waals surface area contributed by atoms with Gasteiger partial charge in [-0.25, -0.2) is 14.5 Å². The maximum atomic E-state index is 13.3. The number of hydrogen-bond donors (Lipinski definition) is 0. The van der Waals surface area contributed by atoms with E-state index in [1.54, 1.807) is 30.3 Å². The van der Waals surface area contributed by atoms with E-state index in [9.17, 15) is 9.59 Å². The van der Waals surface area contributed by atoms with Gasteiger partial charge in [-0.1, -0.05) is 61.2 Å². The van der Waals surface area contributed by atoms with E-state index in [2.05, 4.69) is 41.2 Å². The Morgan fingerprint density at radius 2 is 1.76 bits per heavy atom. The standard InChI is InChI=1S/C26H26N4O2S/c1-4-19-10-12-20(13-11-19)16-29(3)24(31)17-33-26-28-22-8-6-5-7-21(22)25(32)30(26)23-14-9-18(2)15-27-23/h5-15H,4,16-17H2,1-3H3. The van der Waals surface area contributed by atoms with Crippen LogP contribution in [0.25, 0.3) is 16.7 Å². The summed E-state index contributed by atoms with van der Waals surface area (Å²) < 4.78 is 1.49. The third kappa shape index (κ3) is 5.14. The number of thioether (sulfide) groups is 1. The van der Waals surface area contributed by atoms with Gasteiger partial charge in [-0.2, -0.15) is 0 Å². The third-order valence-corrected chi connectivity index (χ3v) is 6.39. The summed E-state index contributed by atoms with van der Waals surface area (Å²) in [5.41, 5.74) is 3.76. The summed E-state index contributed by atoms with van der Waals surface area (Å²) in [6.45, 7) is 4.59. The molecule has 1 amide bonds. The highest BCUT2D eigenvalue weighted by Crippen LogP contribution is 2.21. The van der Waals surface area contributed by atoms with Crippen LogP contribution in [0, 0.1) is 6.92 Å². The molecule has 2 heterocycles. The molecule has 0 unspecified atom stereocenters. The van der Waals surface area contributed by atoms with Crippen molar-refractivity contribution in [1.29, 1.82) is 0 Å². The minimum absolute atomic E-state index is 0.0367. The van der Waals surface area contributed by atoms with Gasteiger partial charge in [0, 0.05) is 19.8 Å². The molecule has 168 valence electrons. The van der Waals surface area contributed by atoms with Crippen molar-refractivity contribution in [3.8, 4) is 5.82 Å². The molecule has 4 rings (SSSR count). The Morgan fingerprint density at radius 3 is 2.45 bits per heavy atom. The van der Waals surface area contributed by atoms with Crippen LogP contribution < -0.4 is 5.56 Å². The van der Waals surface area contributed by atoms with Crippen LogP contribution in [0.5, 0.6) is 0 Å². The van der Waals surface area contributed by atoms with Crippen molar-refractivity contribution in [1.82, 2.24) is 19.4 Å². The van der Waals surface area contributed by atoms with Crippen molar-refractivity contribution in [2.75, 3.05) is 12.8 Å². The maximum absolute atomic E-state index is 13.3. The maximum Gasteiger partial charge on any atom is 0.267 e. The normalized spacial score (nSPS) is 11.0. The van der Waals surface area contributed by atoms with Crippen molar-refractivity contribution in [2.45, 2.75) is 32.0 Å². The first-order valence-corrected chi connectivity index (χ1v) is 11.8. The summed E-state index contributed by atoms with van der Waals surface area (Å²) in [4.78, 5) is 36.9. The molecule has 6 nitrogen and oxygen atoms in total. The number of pyridine rings is 1. The number of nitrogens with zero attached hydrogens (tertiary/aromatic N) is 4. The summed E-state index contributed by atoms with van der Waals surface area (Å²) in [7, 11) is 1.79. The molecule has 33 heavy (non-hydrogen) atoms. The molecule has 0 saturated carbocycles. The first kappa shape index (κ1) is 22.7. The number of benzene rings is 2. The van der Waals surface area contributed by atoms with Crippen LogP contribution in [0.4, 0.5) is 0 Å². The van der Waals surface area contributed by atoms with Crippen molar-refractivity contribution in [3.63, 3.8) is 0 Å². The molecule has 0 aliphatic carbocycles. The summed E-state index contributed by atoms with van der Waals surface area (Å²) in [6, 6.07) is 19.2. The second-order valence-corrected chi connectivity index (χ2v) is 8.90. The quantitative estimate of drug-likeness (QED) is 0.303. The summed E-state index contributed by atoms with van der Waals surface area (Å²) in [5, 5.41) is 0.965. The van der Waals surface area contributed by atoms with E-state index >= 15 is 0 Å². The molecule has 4 aromatic rings. The van der Waals surface area contributed by atoms with E-state index in [1.807, 2.05) is 31.2 Å². The SMILES string of the molecule is CCc1ccc(CN(C)C(=O)CSc2nc3ccccc3c(=O)n2-c2ccc(C)cn2)cc1. The zero-order valence-electron chi connectivity index (χ0n) is 19.0. The van der Waals surface area contributed by atoms with Gasteiger partial charge >= 0.3 is 0 Å². The highest BCUT2D eigenvalue weighted by molar-refractivity contribution is 7.99. The van der Waals surface area contributed by atoms with E-state index in [0.29, 0.717) is 28.4 Å². The molecule has 0 atom stereocenters. The Balaban J connectivity index is 1.58. The van der Waals surface area contributed by atoms with Gasteiger partial charge in [0.1, 0.15) is 5.82 Å². The van der Waals surface area contributed by atoms with Gasteiger partial charge in [0.25, 0.3) is 5.56 Å². The lowest BCUT2D eigenvalue weighted by molar-refractivity contribution is -0.127. The lowest BCUT2D eigenvalue weighted by atomic mass is 10.1. The highest BCUT2D eigenvalue weighted by Gasteiger charge is 2.17. The zero-order valence-corrected chi connectivity index (χ0v) is 19.8. The average Bonchev–Trinajstić information content (AvgIpc) is 2.84. The molecule has 0 aliphatic rings.